The minimum absolute atomic E-state index is 0.140. The van der Waals surface area contributed by atoms with Gasteiger partial charge in [-0.15, -0.1) is 0 Å². The molecule has 0 saturated carbocycles. The Bertz CT molecular complexity index is 299. The van der Waals surface area contributed by atoms with Crippen LogP contribution in [0.3, 0.4) is 0 Å². The van der Waals surface area contributed by atoms with Gasteiger partial charge in [0.1, 0.15) is 0 Å². The van der Waals surface area contributed by atoms with E-state index in [1.165, 1.54) is 25.9 Å². The van der Waals surface area contributed by atoms with Gasteiger partial charge in [-0.25, -0.2) is 0 Å². The van der Waals surface area contributed by atoms with Crippen molar-refractivity contribution < 1.29 is 4.79 Å². The summed E-state index contributed by atoms with van der Waals surface area (Å²) in [5.74, 6) is 0.968. The van der Waals surface area contributed by atoms with E-state index in [9.17, 15) is 4.79 Å². The van der Waals surface area contributed by atoms with E-state index >= 15 is 0 Å². The third-order valence-corrected chi connectivity index (χ3v) is 5.07. The minimum atomic E-state index is -0.140. The molecule has 2 aliphatic heterocycles. The molecule has 2 saturated heterocycles. The number of piperidine rings is 2. The third-order valence-electron chi connectivity index (χ3n) is 5.07. The second kappa shape index (κ2) is 7.41. The molecule has 2 aliphatic rings. The summed E-state index contributed by atoms with van der Waals surface area (Å²) in [6.45, 7) is 7.32. The van der Waals surface area contributed by atoms with Crippen molar-refractivity contribution in [3.05, 3.63) is 0 Å². The van der Waals surface area contributed by atoms with E-state index in [1.807, 2.05) is 0 Å². The molecule has 0 bridgehead atoms. The molecular formula is C16H31N3O. The van der Waals surface area contributed by atoms with Crippen LogP contribution in [-0.4, -0.2) is 50.6 Å². The van der Waals surface area contributed by atoms with Crippen LogP contribution in [0.15, 0.2) is 0 Å². The summed E-state index contributed by atoms with van der Waals surface area (Å²) >= 11 is 0. The second-order valence-electron chi connectivity index (χ2n) is 6.77. The van der Waals surface area contributed by atoms with Crippen LogP contribution in [0.25, 0.3) is 0 Å². The minimum Gasteiger partial charge on any atom is -0.355 e. The number of hydrogen-bond donors (Lipinski definition) is 2. The van der Waals surface area contributed by atoms with E-state index in [1.54, 1.807) is 0 Å². The Labute approximate surface area is 123 Å². The number of nitrogens with one attached hydrogen (secondary N) is 2. The predicted molar refractivity (Wildman–Crippen MR) is 82.7 cm³/mol. The fraction of sp³-hybridized carbons (Fsp3) is 0.938. The van der Waals surface area contributed by atoms with Crippen LogP contribution < -0.4 is 10.6 Å². The molecule has 20 heavy (non-hydrogen) atoms. The van der Waals surface area contributed by atoms with Crippen molar-refractivity contribution in [2.75, 3.05) is 39.8 Å². The van der Waals surface area contributed by atoms with Crippen molar-refractivity contribution in [3.8, 4) is 0 Å². The second-order valence-corrected chi connectivity index (χ2v) is 6.77. The SMILES string of the molecule is CCCC1(C(=O)NCC2CCN(C)CC2)CCCNC1. The van der Waals surface area contributed by atoms with Crippen molar-refractivity contribution >= 4 is 5.91 Å². The lowest BCUT2D eigenvalue weighted by molar-refractivity contribution is -0.132. The maximum atomic E-state index is 12.7. The molecule has 0 aromatic rings. The predicted octanol–water partition coefficient (Wildman–Crippen LogP) is 1.61. The van der Waals surface area contributed by atoms with Crippen LogP contribution in [0.2, 0.25) is 0 Å². The van der Waals surface area contributed by atoms with E-state index < -0.39 is 0 Å². The van der Waals surface area contributed by atoms with Gasteiger partial charge in [-0.1, -0.05) is 13.3 Å². The van der Waals surface area contributed by atoms with Crippen LogP contribution in [0.5, 0.6) is 0 Å². The largest absolute Gasteiger partial charge is 0.355 e. The Balaban J connectivity index is 1.82. The fourth-order valence-corrected chi connectivity index (χ4v) is 3.66. The van der Waals surface area contributed by atoms with E-state index in [4.69, 9.17) is 0 Å². The molecule has 4 heteroatoms. The van der Waals surface area contributed by atoms with Crippen LogP contribution >= 0.6 is 0 Å². The van der Waals surface area contributed by atoms with E-state index in [-0.39, 0.29) is 5.41 Å². The molecule has 2 rings (SSSR count). The summed E-state index contributed by atoms with van der Waals surface area (Å²) in [5, 5.41) is 6.68. The number of nitrogens with zero attached hydrogens (tertiary/aromatic N) is 1. The summed E-state index contributed by atoms with van der Waals surface area (Å²) < 4.78 is 0. The molecule has 0 aromatic heterocycles. The number of amides is 1. The topological polar surface area (TPSA) is 44.4 Å². The fourth-order valence-electron chi connectivity index (χ4n) is 3.66. The van der Waals surface area contributed by atoms with Crippen LogP contribution in [0.1, 0.15) is 45.4 Å². The number of carbonyl (C=O) groups is 1. The number of likely N-dealkylation sites (tertiary alicyclic amines) is 1. The molecule has 2 heterocycles. The van der Waals surface area contributed by atoms with E-state index in [0.717, 1.165) is 45.3 Å². The molecule has 1 unspecified atom stereocenters. The maximum Gasteiger partial charge on any atom is 0.227 e. The Hall–Kier alpha value is -0.610. The molecule has 1 amide bonds. The molecule has 2 fully saturated rings. The lowest BCUT2D eigenvalue weighted by atomic mass is 9.76. The van der Waals surface area contributed by atoms with Crippen LogP contribution in [-0.2, 0) is 4.79 Å². The lowest BCUT2D eigenvalue weighted by Crippen LogP contribution is -2.51. The first kappa shape index (κ1) is 15.8. The van der Waals surface area contributed by atoms with Crippen LogP contribution in [0, 0.1) is 11.3 Å². The summed E-state index contributed by atoms with van der Waals surface area (Å²) in [7, 11) is 2.18. The Morgan fingerprint density at radius 2 is 2.15 bits per heavy atom. The smallest absolute Gasteiger partial charge is 0.227 e. The number of carbonyl (C=O) groups excluding carboxylic acids is 1. The highest BCUT2D eigenvalue weighted by Gasteiger charge is 2.38. The summed E-state index contributed by atoms with van der Waals surface area (Å²) in [6.07, 6.45) is 6.71. The van der Waals surface area contributed by atoms with Crippen molar-refractivity contribution in [1.29, 1.82) is 0 Å². The summed E-state index contributed by atoms with van der Waals surface area (Å²) in [6, 6.07) is 0. The Morgan fingerprint density at radius 3 is 2.75 bits per heavy atom. The number of rotatable bonds is 5. The average Bonchev–Trinajstić information content (AvgIpc) is 2.47. The summed E-state index contributed by atoms with van der Waals surface area (Å²) in [4.78, 5) is 15.0. The molecular weight excluding hydrogens is 250 g/mol. The average molecular weight is 281 g/mol. The molecule has 2 N–H and O–H groups in total. The maximum absolute atomic E-state index is 12.7. The van der Waals surface area contributed by atoms with Gasteiger partial charge >= 0.3 is 0 Å². The van der Waals surface area contributed by atoms with Gasteiger partial charge in [0.2, 0.25) is 5.91 Å². The Kier molecular flexibility index (Phi) is 5.85. The van der Waals surface area contributed by atoms with Gasteiger partial charge in [0.15, 0.2) is 0 Å². The highest BCUT2D eigenvalue weighted by molar-refractivity contribution is 5.83. The van der Waals surface area contributed by atoms with Gasteiger partial charge in [-0.3, -0.25) is 4.79 Å². The van der Waals surface area contributed by atoms with Crippen LogP contribution in [0.4, 0.5) is 0 Å². The normalized spacial score (nSPS) is 29.3. The highest BCUT2D eigenvalue weighted by atomic mass is 16.2. The Morgan fingerprint density at radius 1 is 1.40 bits per heavy atom. The van der Waals surface area contributed by atoms with Gasteiger partial charge in [0.25, 0.3) is 0 Å². The monoisotopic (exact) mass is 281 g/mol. The molecule has 0 aromatic carbocycles. The standard InChI is InChI=1S/C16H31N3O/c1-3-7-16(8-4-9-17-13-16)15(20)18-12-14-5-10-19(2)11-6-14/h14,17H,3-13H2,1-2H3,(H,18,20). The number of hydrogen-bond acceptors (Lipinski definition) is 3. The van der Waals surface area contributed by atoms with Gasteiger partial charge in [0, 0.05) is 13.1 Å². The van der Waals surface area contributed by atoms with Crippen molar-refractivity contribution in [2.24, 2.45) is 11.3 Å². The van der Waals surface area contributed by atoms with Crippen molar-refractivity contribution in [1.82, 2.24) is 15.5 Å². The quantitative estimate of drug-likeness (QED) is 0.805. The zero-order chi connectivity index (χ0) is 14.4. The first-order valence-electron chi connectivity index (χ1n) is 8.34. The first-order chi connectivity index (χ1) is 9.66. The third kappa shape index (κ3) is 3.95. The molecule has 0 aliphatic carbocycles. The molecule has 4 nitrogen and oxygen atoms in total. The van der Waals surface area contributed by atoms with Crippen molar-refractivity contribution in [2.45, 2.75) is 45.4 Å². The van der Waals surface area contributed by atoms with Gasteiger partial charge in [0.05, 0.1) is 5.41 Å². The summed E-state index contributed by atoms with van der Waals surface area (Å²) in [5.41, 5.74) is -0.140. The lowest BCUT2D eigenvalue weighted by Gasteiger charge is -2.37. The van der Waals surface area contributed by atoms with Gasteiger partial charge < -0.3 is 15.5 Å². The molecule has 116 valence electrons. The zero-order valence-electron chi connectivity index (χ0n) is 13.2. The molecule has 1 atom stereocenters. The first-order valence-corrected chi connectivity index (χ1v) is 8.34. The van der Waals surface area contributed by atoms with Gasteiger partial charge in [-0.2, -0.15) is 0 Å². The molecule has 0 spiro atoms. The zero-order valence-corrected chi connectivity index (χ0v) is 13.2. The molecule has 0 radical (unpaired) electrons. The van der Waals surface area contributed by atoms with Gasteiger partial charge in [-0.05, 0) is 64.7 Å². The van der Waals surface area contributed by atoms with E-state index in [2.05, 4.69) is 29.5 Å². The van der Waals surface area contributed by atoms with Crippen molar-refractivity contribution in [3.63, 3.8) is 0 Å². The highest BCUT2D eigenvalue weighted by Crippen LogP contribution is 2.32. The van der Waals surface area contributed by atoms with E-state index in [0.29, 0.717) is 11.8 Å².